The van der Waals surface area contributed by atoms with E-state index in [-0.39, 0.29) is 37.0 Å². The summed E-state index contributed by atoms with van der Waals surface area (Å²) in [5.41, 5.74) is 1.42. The Balaban J connectivity index is 1.70. The molecule has 0 spiro atoms. The van der Waals surface area contributed by atoms with Gasteiger partial charge in [0.1, 0.15) is 11.9 Å². The summed E-state index contributed by atoms with van der Waals surface area (Å²) in [6, 6.07) is 4.45. The number of hydrogen-bond acceptors (Lipinski definition) is 7. The number of aliphatic hydroxyl groups is 2. The lowest BCUT2D eigenvalue weighted by Crippen LogP contribution is -2.33. The Labute approximate surface area is 180 Å². The molecule has 3 N–H and O–H groups in total. The van der Waals surface area contributed by atoms with Crippen LogP contribution in [0.2, 0.25) is 0 Å². The number of anilines is 1. The number of ether oxygens (including phenoxy) is 1. The number of benzene rings is 1. The Morgan fingerprint density at radius 1 is 1.48 bits per heavy atom. The van der Waals surface area contributed by atoms with Crippen LogP contribution in [0, 0.1) is 5.82 Å². The van der Waals surface area contributed by atoms with Crippen molar-refractivity contribution < 1.29 is 33.1 Å². The zero-order valence-electron chi connectivity index (χ0n) is 17.1. The maximum Gasteiger partial charge on any atom is 0.414 e. The fraction of sp³-hybridized carbons (Fsp3) is 0.500. The van der Waals surface area contributed by atoms with Crippen molar-refractivity contribution in [2.45, 2.75) is 25.6 Å². The number of halogens is 1. The molecule has 1 fully saturated rings. The topological polar surface area (TPSA) is 129 Å². The van der Waals surface area contributed by atoms with E-state index in [1.54, 1.807) is 18.2 Å². The van der Waals surface area contributed by atoms with Gasteiger partial charge >= 0.3 is 6.09 Å². The number of nitrogens with one attached hydrogen (secondary N) is 1. The van der Waals surface area contributed by atoms with Crippen molar-refractivity contribution in [2.24, 2.45) is 4.36 Å². The number of carbonyl (C=O) groups excluding carboxylic acids is 2. The van der Waals surface area contributed by atoms with Gasteiger partial charge in [0.05, 0.1) is 53.5 Å². The third-order valence-electron chi connectivity index (χ3n) is 5.07. The van der Waals surface area contributed by atoms with Crippen LogP contribution >= 0.6 is 0 Å². The Bertz CT molecular complexity index is 1000. The Morgan fingerprint density at radius 2 is 2.26 bits per heavy atom. The Kier molecular flexibility index (Phi) is 7.29. The highest BCUT2D eigenvalue weighted by molar-refractivity contribution is 7.93. The van der Waals surface area contributed by atoms with Crippen molar-refractivity contribution in [3.63, 3.8) is 0 Å². The summed E-state index contributed by atoms with van der Waals surface area (Å²) < 4.78 is 36.8. The lowest BCUT2D eigenvalue weighted by Gasteiger charge is -2.19. The molecule has 9 nitrogen and oxygen atoms in total. The lowest BCUT2D eigenvalue weighted by molar-refractivity contribution is -0.119. The molecule has 1 aromatic rings. The quantitative estimate of drug-likeness (QED) is 0.560. The van der Waals surface area contributed by atoms with Gasteiger partial charge in [-0.3, -0.25) is 9.69 Å². The van der Waals surface area contributed by atoms with Crippen LogP contribution in [0.25, 0.3) is 5.57 Å². The number of rotatable bonds is 7. The van der Waals surface area contributed by atoms with Gasteiger partial charge < -0.3 is 20.3 Å². The Hall–Kier alpha value is -2.50. The molecule has 2 aliphatic heterocycles. The zero-order valence-corrected chi connectivity index (χ0v) is 17.9. The first-order valence-electron chi connectivity index (χ1n) is 9.89. The molecule has 0 saturated carbocycles. The second kappa shape index (κ2) is 9.75. The predicted octanol–water partition coefficient (Wildman–Crippen LogP) is 0.895. The van der Waals surface area contributed by atoms with E-state index in [0.29, 0.717) is 23.2 Å². The summed E-state index contributed by atoms with van der Waals surface area (Å²) >= 11 is 0. The summed E-state index contributed by atoms with van der Waals surface area (Å²) in [6.45, 7) is 1.20. The number of amides is 2. The van der Waals surface area contributed by atoms with Crippen LogP contribution in [-0.4, -0.2) is 76.4 Å². The lowest BCUT2D eigenvalue weighted by atomic mass is 10.0. The average molecular weight is 456 g/mol. The van der Waals surface area contributed by atoms with E-state index >= 15 is 0 Å². The van der Waals surface area contributed by atoms with Gasteiger partial charge in [0, 0.05) is 18.2 Å². The molecular formula is C20H26FN3O6S. The first-order valence-corrected chi connectivity index (χ1v) is 11.7. The minimum absolute atomic E-state index is 0.101. The molecule has 1 aromatic carbocycles. The molecule has 2 aliphatic rings. The largest absolute Gasteiger partial charge is 0.442 e. The van der Waals surface area contributed by atoms with E-state index in [4.69, 9.17) is 9.84 Å². The molecule has 3 rings (SSSR count). The van der Waals surface area contributed by atoms with Crippen LogP contribution in [0.3, 0.4) is 0 Å². The third-order valence-corrected chi connectivity index (χ3v) is 7.22. The average Bonchev–Trinajstić information content (AvgIpc) is 3.12. The predicted molar refractivity (Wildman–Crippen MR) is 114 cm³/mol. The van der Waals surface area contributed by atoms with Crippen LogP contribution in [0.4, 0.5) is 14.9 Å². The number of nitrogens with zero attached hydrogens (tertiary/aromatic N) is 2. The van der Waals surface area contributed by atoms with Crippen molar-refractivity contribution in [3.05, 3.63) is 35.7 Å². The normalized spacial score (nSPS) is 24.4. The summed E-state index contributed by atoms with van der Waals surface area (Å²) in [6.07, 6.45) is -0.110. The molecule has 3 atom stereocenters. The fourth-order valence-corrected chi connectivity index (χ4v) is 5.20. The summed E-state index contributed by atoms with van der Waals surface area (Å²) in [7, 11) is -2.54. The third kappa shape index (κ3) is 5.81. The number of carbonyl (C=O) groups is 2. The Morgan fingerprint density at radius 3 is 2.87 bits per heavy atom. The van der Waals surface area contributed by atoms with Crippen molar-refractivity contribution in [1.29, 1.82) is 0 Å². The molecule has 0 radical (unpaired) electrons. The van der Waals surface area contributed by atoms with Gasteiger partial charge in [-0.2, -0.15) is 0 Å². The molecule has 2 heterocycles. The van der Waals surface area contributed by atoms with E-state index in [2.05, 4.69) is 9.68 Å². The van der Waals surface area contributed by atoms with Crippen LogP contribution < -0.4 is 10.2 Å². The van der Waals surface area contributed by atoms with Gasteiger partial charge in [-0.1, -0.05) is 6.08 Å². The molecule has 0 aliphatic carbocycles. The number of hydrogen-bond donors (Lipinski definition) is 3. The van der Waals surface area contributed by atoms with Gasteiger partial charge in [-0.05, 0) is 30.2 Å². The molecule has 11 heteroatoms. The maximum atomic E-state index is 14.8. The molecule has 170 valence electrons. The SMILES string of the molecule is CC(=O)NC[C@H]1CN(c2ccc(C3=CCS(=O)(=NC[C@@H](O)CO)CC3)c(F)c2)C(=O)O1. The van der Waals surface area contributed by atoms with Crippen LogP contribution in [0.15, 0.2) is 28.6 Å². The molecule has 1 saturated heterocycles. The van der Waals surface area contributed by atoms with E-state index < -0.39 is 40.5 Å². The first kappa shape index (κ1) is 23.2. The van der Waals surface area contributed by atoms with Crippen LogP contribution in [-0.2, 0) is 19.3 Å². The van der Waals surface area contributed by atoms with Crippen molar-refractivity contribution in [3.8, 4) is 0 Å². The minimum atomic E-state index is -2.54. The molecular weight excluding hydrogens is 429 g/mol. The molecule has 31 heavy (non-hydrogen) atoms. The molecule has 1 unspecified atom stereocenters. The monoisotopic (exact) mass is 455 g/mol. The highest BCUT2D eigenvalue weighted by atomic mass is 32.2. The van der Waals surface area contributed by atoms with Crippen molar-refractivity contribution in [1.82, 2.24) is 5.32 Å². The molecule has 2 amide bonds. The van der Waals surface area contributed by atoms with Crippen LogP contribution in [0.5, 0.6) is 0 Å². The smallest absolute Gasteiger partial charge is 0.414 e. The summed E-state index contributed by atoms with van der Waals surface area (Å²) in [4.78, 5) is 24.4. The van der Waals surface area contributed by atoms with Crippen LogP contribution in [0.1, 0.15) is 18.9 Å². The summed E-state index contributed by atoms with van der Waals surface area (Å²) in [5, 5.41) is 20.8. The highest BCUT2D eigenvalue weighted by Gasteiger charge is 2.33. The standard InChI is InChI=1S/C20H26FN3O6S/c1-13(26)22-10-17-11-24(20(28)30-17)15-2-3-18(19(21)8-15)14-4-6-31(29,7-5-14)23-9-16(27)12-25/h2-4,8,16-17,25,27H,5-7,9-12H2,1H3,(H,22,26)/t16-,17+,31?/m1/s1. The van der Waals surface area contributed by atoms with Crippen molar-refractivity contribution in [2.75, 3.05) is 42.6 Å². The van der Waals surface area contributed by atoms with Crippen molar-refractivity contribution >= 4 is 33.0 Å². The van der Waals surface area contributed by atoms with E-state index in [1.807, 2.05) is 0 Å². The minimum Gasteiger partial charge on any atom is -0.442 e. The van der Waals surface area contributed by atoms with E-state index in [9.17, 15) is 23.3 Å². The second-order valence-electron chi connectivity index (χ2n) is 7.49. The van der Waals surface area contributed by atoms with Gasteiger partial charge in [0.15, 0.2) is 0 Å². The van der Waals surface area contributed by atoms with Gasteiger partial charge in [0.25, 0.3) is 0 Å². The van der Waals surface area contributed by atoms with Gasteiger partial charge in [-0.25, -0.2) is 17.8 Å². The highest BCUT2D eigenvalue weighted by Crippen LogP contribution is 2.30. The summed E-state index contributed by atoms with van der Waals surface area (Å²) in [5.74, 6) is -0.360. The maximum absolute atomic E-state index is 14.8. The fourth-order valence-electron chi connectivity index (χ4n) is 3.36. The number of allylic oxidation sites excluding steroid dienone is 1. The second-order valence-corrected chi connectivity index (χ2v) is 10.0. The zero-order chi connectivity index (χ0) is 22.6. The van der Waals surface area contributed by atoms with E-state index in [1.165, 1.54) is 17.9 Å². The number of aliphatic hydroxyl groups excluding tert-OH is 2. The van der Waals surface area contributed by atoms with E-state index in [0.717, 1.165) is 0 Å². The first-order chi connectivity index (χ1) is 14.7. The van der Waals surface area contributed by atoms with Gasteiger partial charge in [0.2, 0.25) is 5.91 Å². The van der Waals surface area contributed by atoms with Gasteiger partial charge in [-0.15, -0.1) is 0 Å². The molecule has 0 aromatic heterocycles. The molecule has 0 bridgehead atoms. The number of cyclic esters (lactones) is 1.